The Hall–Kier alpha value is -2.20. The van der Waals surface area contributed by atoms with E-state index >= 15 is 0 Å². The molecule has 5 heteroatoms. The number of amides is 1. The first-order valence-electron chi connectivity index (χ1n) is 8.93. The van der Waals surface area contributed by atoms with E-state index < -0.39 is 0 Å². The van der Waals surface area contributed by atoms with Gasteiger partial charge < -0.3 is 14.5 Å². The number of aryl methyl sites for hydroxylation is 3. The summed E-state index contributed by atoms with van der Waals surface area (Å²) in [6.45, 7) is 9.15. The van der Waals surface area contributed by atoms with Crippen LogP contribution in [-0.4, -0.2) is 43.6 Å². The number of nitrogens with zero attached hydrogens (tertiary/aromatic N) is 2. The summed E-state index contributed by atoms with van der Waals surface area (Å²) in [7, 11) is 0. The minimum absolute atomic E-state index is 0.0250. The molecular weight excluding hydrogens is 348 g/mol. The van der Waals surface area contributed by atoms with E-state index in [1.54, 1.807) is 0 Å². The summed E-state index contributed by atoms with van der Waals surface area (Å²) < 4.78 is 5.61. The molecule has 3 rings (SSSR count). The van der Waals surface area contributed by atoms with E-state index in [1.807, 2.05) is 49.1 Å². The molecule has 0 aliphatic carbocycles. The van der Waals surface area contributed by atoms with Crippen LogP contribution >= 0.6 is 11.6 Å². The highest BCUT2D eigenvalue weighted by atomic mass is 35.5. The monoisotopic (exact) mass is 372 g/mol. The van der Waals surface area contributed by atoms with E-state index in [9.17, 15) is 4.79 Å². The van der Waals surface area contributed by atoms with Gasteiger partial charge in [0.15, 0.2) is 6.61 Å². The van der Waals surface area contributed by atoms with Crippen molar-refractivity contribution in [2.24, 2.45) is 0 Å². The molecule has 2 aromatic carbocycles. The van der Waals surface area contributed by atoms with Crippen molar-refractivity contribution in [1.29, 1.82) is 0 Å². The lowest BCUT2D eigenvalue weighted by Crippen LogP contribution is -2.50. The number of hydrogen-bond acceptors (Lipinski definition) is 3. The van der Waals surface area contributed by atoms with Crippen molar-refractivity contribution < 1.29 is 9.53 Å². The molecule has 0 aromatic heterocycles. The number of rotatable bonds is 4. The molecular formula is C21H25ClN2O2. The fourth-order valence-corrected chi connectivity index (χ4v) is 3.80. The standard InChI is InChI=1S/C21H25ClN2O2/c1-15-4-6-18(7-5-15)26-14-20(25)23-8-10-24(11-9-23)21-17(3)12-16(2)13-19(21)22/h4-7,12-13H,8-11,14H2,1-3H3. The van der Waals surface area contributed by atoms with Crippen LogP contribution in [0.3, 0.4) is 0 Å². The molecule has 0 unspecified atom stereocenters. The minimum Gasteiger partial charge on any atom is -0.484 e. The molecule has 0 saturated carbocycles. The molecule has 2 aromatic rings. The Kier molecular flexibility index (Phi) is 5.72. The van der Waals surface area contributed by atoms with Crippen LogP contribution in [-0.2, 0) is 4.79 Å². The molecule has 0 bridgehead atoms. The van der Waals surface area contributed by atoms with Crippen LogP contribution in [0.2, 0.25) is 5.02 Å². The summed E-state index contributed by atoms with van der Waals surface area (Å²) in [6.07, 6.45) is 0. The Labute approximate surface area is 160 Å². The Morgan fingerprint density at radius 3 is 2.27 bits per heavy atom. The highest BCUT2D eigenvalue weighted by Crippen LogP contribution is 2.31. The largest absolute Gasteiger partial charge is 0.484 e. The van der Waals surface area contributed by atoms with Gasteiger partial charge in [-0.1, -0.05) is 35.4 Å². The van der Waals surface area contributed by atoms with Crippen molar-refractivity contribution in [2.75, 3.05) is 37.7 Å². The average Bonchev–Trinajstić information content (AvgIpc) is 2.61. The fraction of sp³-hybridized carbons (Fsp3) is 0.381. The fourth-order valence-electron chi connectivity index (χ4n) is 3.36. The van der Waals surface area contributed by atoms with Crippen molar-refractivity contribution in [2.45, 2.75) is 20.8 Å². The highest BCUT2D eigenvalue weighted by Gasteiger charge is 2.23. The van der Waals surface area contributed by atoms with Gasteiger partial charge in [0.25, 0.3) is 5.91 Å². The molecule has 138 valence electrons. The van der Waals surface area contributed by atoms with Crippen LogP contribution in [0.1, 0.15) is 16.7 Å². The Morgan fingerprint density at radius 1 is 1.00 bits per heavy atom. The van der Waals surface area contributed by atoms with Crippen molar-refractivity contribution in [3.8, 4) is 5.75 Å². The third kappa shape index (κ3) is 4.31. The lowest BCUT2D eigenvalue weighted by molar-refractivity contribution is -0.133. The maximum Gasteiger partial charge on any atom is 0.260 e. The van der Waals surface area contributed by atoms with E-state index in [0.717, 1.165) is 29.5 Å². The van der Waals surface area contributed by atoms with Gasteiger partial charge in [0, 0.05) is 26.2 Å². The number of ether oxygens (including phenoxy) is 1. The van der Waals surface area contributed by atoms with E-state index in [1.165, 1.54) is 16.7 Å². The maximum absolute atomic E-state index is 12.4. The average molecular weight is 373 g/mol. The Bertz CT molecular complexity index is 758. The van der Waals surface area contributed by atoms with Gasteiger partial charge in [-0.3, -0.25) is 4.79 Å². The van der Waals surface area contributed by atoms with Crippen LogP contribution in [0.5, 0.6) is 5.75 Å². The summed E-state index contributed by atoms with van der Waals surface area (Å²) in [6, 6.07) is 11.9. The first-order valence-corrected chi connectivity index (χ1v) is 9.31. The zero-order chi connectivity index (χ0) is 18.7. The highest BCUT2D eigenvalue weighted by molar-refractivity contribution is 6.33. The second-order valence-corrected chi connectivity index (χ2v) is 7.29. The van der Waals surface area contributed by atoms with Crippen LogP contribution < -0.4 is 9.64 Å². The second kappa shape index (κ2) is 8.00. The molecule has 1 aliphatic rings. The Morgan fingerprint density at radius 2 is 1.65 bits per heavy atom. The van der Waals surface area contributed by atoms with Crippen LogP contribution in [0.25, 0.3) is 0 Å². The number of piperazine rings is 1. The number of halogens is 1. The van der Waals surface area contributed by atoms with Gasteiger partial charge in [-0.05, 0) is 50.1 Å². The van der Waals surface area contributed by atoms with E-state index in [4.69, 9.17) is 16.3 Å². The molecule has 26 heavy (non-hydrogen) atoms. The normalized spacial score (nSPS) is 14.5. The molecule has 1 amide bonds. The lowest BCUT2D eigenvalue weighted by atomic mass is 10.1. The van der Waals surface area contributed by atoms with Crippen LogP contribution in [0.4, 0.5) is 5.69 Å². The summed E-state index contributed by atoms with van der Waals surface area (Å²) in [5, 5.41) is 0.782. The molecule has 0 radical (unpaired) electrons. The first kappa shape index (κ1) is 18.6. The maximum atomic E-state index is 12.4. The summed E-state index contributed by atoms with van der Waals surface area (Å²) in [4.78, 5) is 16.5. The molecule has 1 aliphatic heterocycles. The number of hydrogen-bond donors (Lipinski definition) is 0. The molecule has 1 heterocycles. The smallest absolute Gasteiger partial charge is 0.260 e. The Balaban J connectivity index is 1.55. The van der Waals surface area contributed by atoms with Crippen molar-refractivity contribution in [1.82, 2.24) is 4.90 Å². The quantitative estimate of drug-likeness (QED) is 0.813. The van der Waals surface area contributed by atoms with Gasteiger partial charge in [-0.25, -0.2) is 0 Å². The summed E-state index contributed by atoms with van der Waals surface area (Å²) >= 11 is 6.45. The topological polar surface area (TPSA) is 32.8 Å². The molecule has 4 nitrogen and oxygen atoms in total. The lowest BCUT2D eigenvalue weighted by Gasteiger charge is -2.37. The van der Waals surface area contributed by atoms with Crippen LogP contribution in [0.15, 0.2) is 36.4 Å². The van der Waals surface area contributed by atoms with E-state index in [-0.39, 0.29) is 12.5 Å². The predicted octanol–water partition coefficient (Wildman–Crippen LogP) is 3.99. The predicted molar refractivity (Wildman–Crippen MR) is 106 cm³/mol. The summed E-state index contributed by atoms with van der Waals surface area (Å²) in [5.74, 6) is 0.751. The zero-order valence-corrected chi connectivity index (χ0v) is 16.3. The third-order valence-electron chi connectivity index (χ3n) is 4.73. The molecule has 0 atom stereocenters. The number of anilines is 1. The van der Waals surface area contributed by atoms with E-state index in [2.05, 4.69) is 17.9 Å². The number of benzene rings is 2. The van der Waals surface area contributed by atoms with Gasteiger partial charge in [-0.2, -0.15) is 0 Å². The van der Waals surface area contributed by atoms with Gasteiger partial charge in [-0.15, -0.1) is 0 Å². The molecule has 0 N–H and O–H groups in total. The van der Waals surface area contributed by atoms with Gasteiger partial charge >= 0.3 is 0 Å². The zero-order valence-electron chi connectivity index (χ0n) is 15.6. The van der Waals surface area contributed by atoms with Gasteiger partial charge in [0.2, 0.25) is 0 Å². The van der Waals surface area contributed by atoms with Gasteiger partial charge in [0.05, 0.1) is 10.7 Å². The second-order valence-electron chi connectivity index (χ2n) is 6.88. The molecule has 0 spiro atoms. The molecule has 1 fully saturated rings. The minimum atomic E-state index is 0.0250. The molecule has 1 saturated heterocycles. The van der Waals surface area contributed by atoms with Crippen molar-refractivity contribution in [3.05, 3.63) is 58.1 Å². The van der Waals surface area contributed by atoms with Crippen molar-refractivity contribution in [3.63, 3.8) is 0 Å². The van der Waals surface area contributed by atoms with Gasteiger partial charge in [0.1, 0.15) is 5.75 Å². The summed E-state index contributed by atoms with van der Waals surface area (Å²) in [5.41, 5.74) is 4.60. The first-order chi connectivity index (χ1) is 12.4. The number of carbonyl (C=O) groups excluding carboxylic acids is 1. The van der Waals surface area contributed by atoms with E-state index in [0.29, 0.717) is 13.1 Å². The SMILES string of the molecule is Cc1ccc(OCC(=O)N2CCN(c3c(C)cc(C)cc3Cl)CC2)cc1. The number of carbonyl (C=O) groups is 1. The third-order valence-corrected chi connectivity index (χ3v) is 5.02. The van der Waals surface area contributed by atoms with Crippen LogP contribution in [0, 0.1) is 20.8 Å². The van der Waals surface area contributed by atoms with Crippen molar-refractivity contribution >= 4 is 23.2 Å².